The molecule has 1 aliphatic rings. The highest BCUT2D eigenvalue weighted by Crippen LogP contribution is 2.30. The molecule has 7 nitrogen and oxygen atoms in total. The molecular weight excluding hydrogens is 460 g/mol. The van der Waals surface area contributed by atoms with E-state index in [2.05, 4.69) is 15.2 Å². The summed E-state index contributed by atoms with van der Waals surface area (Å²) in [6.07, 6.45) is 1.54. The van der Waals surface area contributed by atoms with E-state index < -0.39 is 5.91 Å². The van der Waals surface area contributed by atoms with Gasteiger partial charge in [0.15, 0.2) is 0 Å². The molecule has 0 radical (unpaired) electrons. The van der Waals surface area contributed by atoms with E-state index in [1.165, 1.54) is 11.3 Å². The van der Waals surface area contributed by atoms with Crippen molar-refractivity contribution in [3.63, 3.8) is 0 Å². The van der Waals surface area contributed by atoms with E-state index in [-0.39, 0.29) is 5.57 Å². The molecule has 0 spiro atoms. The van der Waals surface area contributed by atoms with Crippen LogP contribution in [0.2, 0.25) is 5.02 Å². The molecule has 3 aromatic rings. The maximum Gasteiger partial charge on any atom is 0.266 e. The summed E-state index contributed by atoms with van der Waals surface area (Å²) >= 11 is 7.68. The van der Waals surface area contributed by atoms with E-state index in [0.717, 1.165) is 11.4 Å². The number of anilines is 2. The molecule has 0 atom stereocenters. The molecule has 4 rings (SSSR count). The molecule has 168 valence electrons. The number of aromatic nitrogens is 1. The van der Waals surface area contributed by atoms with Gasteiger partial charge in [0.2, 0.25) is 0 Å². The van der Waals surface area contributed by atoms with Crippen LogP contribution in [-0.2, 0) is 16.1 Å². The van der Waals surface area contributed by atoms with Gasteiger partial charge in [0.25, 0.3) is 5.91 Å². The van der Waals surface area contributed by atoms with Crippen LogP contribution in [0.1, 0.15) is 11.3 Å². The number of nitrogens with one attached hydrogen (secondary N) is 1. The van der Waals surface area contributed by atoms with E-state index >= 15 is 0 Å². The van der Waals surface area contributed by atoms with Crippen molar-refractivity contribution in [1.29, 1.82) is 5.26 Å². The Morgan fingerprint density at radius 1 is 1.27 bits per heavy atom. The maximum atomic E-state index is 12.9. The molecule has 0 bridgehead atoms. The number of hydrogen-bond donors (Lipinski definition) is 1. The lowest BCUT2D eigenvalue weighted by molar-refractivity contribution is -0.112. The number of halogens is 1. The van der Waals surface area contributed by atoms with Crippen LogP contribution in [0, 0.1) is 11.3 Å². The second-order valence-corrected chi connectivity index (χ2v) is 8.38. The molecule has 9 heteroatoms. The summed E-state index contributed by atoms with van der Waals surface area (Å²) in [5.74, 6) is 0.176. The quantitative estimate of drug-likeness (QED) is 0.387. The average Bonchev–Trinajstić information content (AvgIpc) is 3.36. The molecule has 0 unspecified atom stereocenters. The summed E-state index contributed by atoms with van der Waals surface area (Å²) < 4.78 is 11.1. The monoisotopic (exact) mass is 480 g/mol. The predicted octanol–water partition coefficient (Wildman–Crippen LogP) is 4.76. The van der Waals surface area contributed by atoms with Gasteiger partial charge >= 0.3 is 0 Å². The number of nitrogens with zero attached hydrogens (tertiary/aromatic N) is 3. The summed E-state index contributed by atoms with van der Waals surface area (Å²) in [5.41, 5.74) is 4.72. The van der Waals surface area contributed by atoms with Crippen LogP contribution >= 0.6 is 22.9 Å². The molecule has 1 aliphatic heterocycles. The van der Waals surface area contributed by atoms with Crippen molar-refractivity contribution < 1.29 is 14.3 Å². The number of thiazole rings is 1. The number of hydrogen-bond acceptors (Lipinski definition) is 7. The van der Waals surface area contributed by atoms with Crippen LogP contribution in [0.25, 0.3) is 6.08 Å². The molecule has 0 aliphatic carbocycles. The smallest absolute Gasteiger partial charge is 0.266 e. The summed E-state index contributed by atoms with van der Waals surface area (Å²) in [5, 5.41) is 14.9. The molecule has 2 aromatic carbocycles. The van der Waals surface area contributed by atoms with Crippen molar-refractivity contribution in [3.8, 4) is 11.8 Å². The van der Waals surface area contributed by atoms with Gasteiger partial charge in [0, 0.05) is 23.5 Å². The molecule has 0 saturated carbocycles. The minimum absolute atomic E-state index is 0.0148. The molecule has 1 fully saturated rings. The van der Waals surface area contributed by atoms with Crippen molar-refractivity contribution in [2.75, 3.05) is 36.5 Å². The van der Waals surface area contributed by atoms with Gasteiger partial charge in [0.05, 0.1) is 35.8 Å². The molecule has 1 saturated heterocycles. The Morgan fingerprint density at radius 2 is 2.06 bits per heavy atom. The van der Waals surface area contributed by atoms with Gasteiger partial charge in [-0.1, -0.05) is 23.7 Å². The first-order valence-electron chi connectivity index (χ1n) is 10.3. The van der Waals surface area contributed by atoms with E-state index in [9.17, 15) is 10.1 Å². The zero-order valence-electron chi connectivity index (χ0n) is 17.7. The summed E-state index contributed by atoms with van der Waals surface area (Å²) in [6.45, 7) is 3.03. The van der Waals surface area contributed by atoms with Gasteiger partial charge in [-0.15, -0.1) is 11.3 Å². The van der Waals surface area contributed by atoms with Crippen molar-refractivity contribution in [1.82, 2.24) is 4.98 Å². The Bertz CT molecular complexity index is 1170. The van der Waals surface area contributed by atoms with E-state index in [1.807, 2.05) is 17.5 Å². The van der Waals surface area contributed by atoms with Gasteiger partial charge in [0.1, 0.15) is 24.0 Å². The second-order valence-electron chi connectivity index (χ2n) is 7.22. The van der Waals surface area contributed by atoms with E-state index in [4.69, 9.17) is 21.1 Å². The third kappa shape index (κ3) is 6.11. The maximum absolute atomic E-state index is 12.9. The van der Waals surface area contributed by atoms with Crippen LogP contribution in [0.15, 0.2) is 58.9 Å². The lowest BCUT2D eigenvalue weighted by atomic mass is 10.1. The van der Waals surface area contributed by atoms with Crippen molar-refractivity contribution >= 4 is 46.3 Å². The first-order valence-corrected chi connectivity index (χ1v) is 11.6. The van der Waals surface area contributed by atoms with Crippen LogP contribution in [0.3, 0.4) is 0 Å². The number of benzene rings is 2. The van der Waals surface area contributed by atoms with Crippen LogP contribution in [0.5, 0.6) is 5.75 Å². The zero-order valence-corrected chi connectivity index (χ0v) is 19.2. The molecule has 2 heterocycles. The van der Waals surface area contributed by atoms with Gasteiger partial charge in [-0.3, -0.25) is 4.79 Å². The summed E-state index contributed by atoms with van der Waals surface area (Å²) in [4.78, 5) is 19.2. The Hall–Kier alpha value is -3.38. The lowest BCUT2D eigenvalue weighted by Gasteiger charge is -2.30. The largest absolute Gasteiger partial charge is 0.487 e. The van der Waals surface area contributed by atoms with Crippen LogP contribution < -0.4 is 15.0 Å². The molecule has 1 aromatic heterocycles. The molecule has 1 N–H and O–H groups in total. The fraction of sp³-hybridized carbons (Fsp3) is 0.208. The van der Waals surface area contributed by atoms with Crippen molar-refractivity contribution in [3.05, 3.63) is 75.2 Å². The Labute approximate surface area is 200 Å². The summed E-state index contributed by atoms with van der Waals surface area (Å²) in [7, 11) is 0. The third-order valence-electron chi connectivity index (χ3n) is 4.98. The highest BCUT2D eigenvalue weighted by Gasteiger charge is 2.18. The van der Waals surface area contributed by atoms with E-state index in [1.54, 1.807) is 48.0 Å². The van der Waals surface area contributed by atoms with Crippen LogP contribution in [-0.4, -0.2) is 37.2 Å². The number of morpholine rings is 1. The topological polar surface area (TPSA) is 87.5 Å². The molecule has 33 heavy (non-hydrogen) atoms. The number of carbonyl (C=O) groups excluding carboxylic acids is 1. The minimum Gasteiger partial charge on any atom is -0.487 e. The van der Waals surface area contributed by atoms with Gasteiger partial charge in [-0.2, -0.15) is 5.26 Å². The molecular formula is C24H21ClN4O3S. The average molecular weight is 481 g/mol. The van der Waals surface area contributed by atoms with Crippen molar-refractivity contribution in [2.45, 2.75) is 6.61 Å². The SMILES string of the molecule is N#C/C(=C\c1ccc(OCc2cscn2)cc1)C(=O)Nc1cc(Cl)ccc1N1CCOCC1. The van der Waals surface area contributed by atoms with Gasteiger partial charge in [-0.25, -0.2) is 4.98 Å². The van der Waals surface area contributed by atoms with Crippen molar-refractivity contribution in [2.24, 2.45) is 0 Å². The zero-order chi connectivity index (χ0) is 23.0. The predicted molar refractivity (Wildman–Crippen MR) is 130 cm³/mol. The first kappa shape index (κ1) is 22.8. The minimum atomic E-state index is -0.502. The lowest BCUT2D eigenvalue weighted by Crippen LogP contribution is -2.36. The van der Waals surface area contributed by atoms with Gasteiger partial charge in [-0.05, 0) is 42.0 Å². The number of nitriles is 1. The number of ether oxygens (including phenoxy) is 2. The highest BCUT2D eigenvalue weighted by molar-refractivity contribution is 7.07. The summed E-state index contributed by atoms with van der Waals surface area (Å²) in [6, 6.07) is 14.5. The number of rotatable bonds is 7. The Kier molecular flexibility index (Phi) is 7.58. The second kappa shape index (κ2) is 11.0. The third-order valence-corrected chi connectivity index (χ3v) is 5.86. The highest BCUT2D eigenvalue weighted by atomic mass is 35.5. The van der Waals surface area contributed by atoms with Crippen LogP contribution in [0.4, 0.5) is 11.4 Å². The Morgan fingerprint density at radius 3 is 2.76 bits per heavy atom. The number of carbonyl (C=O) groups is 1. The fourth-order valence-corrected chi connectivity index (χ4v) is 4.03. The number of amides is 1. The normalized spacial score (nSPS) is 13.9. The fourth-order valence-electron chi connectivity index (χ4n) is 3.32. The van der Waals surface area contributed by atoms with E-state index in [0.29, 0.717) is 54.9 Å². The molecule has 1 amide bonds. The Balaban J connectivity index is 1.46. The first-order chi connectivity index (χ1) is 16.1. The standard InChI is InChI=1S/C24H21ClN4O3S/c25-19-3-6-23(29-7-9-31-10-8-29)22(12-19)28-24(30)18(13-26)11-17-1-4-21(5-2-17)32-14-20-15-33-16-27-20/h1-6,11-12,15-16H,7-10,14H2,(H,28,30)/b18-11+. The van der Waals surface area contributed by atoms with Gasteiger partial charge < -0.3 is 19.7 Å².